The Kier molecular flexibility index (Phi) is 8.72. The molecule has 4 aromatic heterocycles. The topological polar surface area (TPSA) is 184 Å². The molecule has 17 heteroatoms. The Morgan fingerprint density at radius 3 is 2.44 bits per heavy atom. The van der Waals surface area contributed by atoms with Crippen LogP contribution in [0.25, 0.3) is 10.9 Å². The molecule has 3 aliphatic rings. The Morgan fingerprint density at radius 2 is 1.77 bits per heavy atom. The molecule has 4 aromatic rings. The Bertz CT molecular complexity index is 1890. The molecule has 1 atom stereocenters. The van der Waals surface area contributed by atoms with Gasteiger partial charge in [-0.25, -0.2) is 23.0 Å². The van der Waals surface area contributed by atoms with Crippen LogP contribution in [0.5, 0.6) is 5.88 Å². The highest BCUT2D eigenvalue weighted by molar-refractivity contribution is 7.92. The predicted molar refractivity (Wildman–Crippen MR) is 178 cm³/mol. The smallest absolute Gasteiger partial charge is 0.435 e. The number of nitrogens with one attached hydrogen (secondary N) is 1. The molecule has 5 heterocycles. The molecule has 16 nitrogen and oxygen atoms in total. The van der Waals surface area contributed by atoms with Gasteiger partial charge >= 0.3 is 5.95 Å². The molecule has 0 radical (unpaired) electrons. The summed E-state index contributed by atoms with van der Waals surface area (Å²) >= 11 is 0. The van der Waals surface area contributed by atoms with Crippen molar-refractivity contribution in [1.29, 1.82) is 0 Å². The van der Waals surface area contributed by atoms with Gasteiger partial charge in [0.25, 0.3) is 0 Å². The molecular weight excluding hydrogens is 640 g/mol. The van der Waals surface area contributed by atoms with Crippen molar-refractivity contribution in [2.24, 2.45) is 0 Å². The van der Waals surface area contributed by atoms with Gasteiger partial charge in [0, 0.05) is 37.6 Å². The molecule has 1 saturated heterocycles. The van der Waals surface area contributed by atoms with Crippen molar-refractivity contribution < 1.29 is 22.8 Å². The van der Waals surface area contributed by atoms with Gasteiger partial charge in [0.05, 0.1) is 54.3 Å². The number of nitro groups is 1. The Hall–Kier alpha value is -4.64. The Morgan fingerprint density at radius 1 is 1.04 bits per heavy atom. The van der Waals surface area contributed by atoms with Crippen LogP contribution >= 0.6 is 0 Å². The second-order valence-electron chi connectivity index (χ2n) is 12.5. The number of hydrogen-bond donors (Lipinski definition) is 1. The number of hydrogen-bond acceptors (Lipinski definition) is 13. The van der Waals surface area contributed by atoms with Crippen molar-refractivity contribution in [3.63, 3.8) is 0 Å². The lowest BCUT2D eigenvalue weighted by Crippen LogP contribution is -2.37. The summed E-state index contributed by atoms with van der Waals surface area (Å²) < 4.78 is 41.8. The molecule has 0 spiro atoms. The highest BCUT2D eigenvalue weighted by Gasteiger charge is 2.40. The molecule has 1 N–H and O–H groups in total. The number of aromatic nitrogens is 6. The van der Waals surface area contributed by atoms with Gasteiger partial charge < -0.3 is 29.8 Å². The van der Waals surface area contributed by atoms with Gasteiger partial charge in [0.2, 0.25) is 21.9 Å². The van der Waals surface area contributed by atoms with Gasteiger partial charge in [0.1, 0.15) is 23.8 Å². The van der Waals surface area contributed by atoms with Crippen molar-refractivity contribution in [3.05, 3.63) is 58.8 Å². The van der Waals surface area contributed by atoms with E-state index in [9.17, 15) is 18.5 Å². The lowest BCUT2D eigenvalue weighted by Gasteiger charge is -2.31. The Balaban J connectivity index is 1.22. The van der Waals surface area contributed by atoms with E-state index >= 15 is 0 Å². The molecule has 0 aromatic carbocycles. The molecule has 3 fully saturated rings. The molecule has 0 bridgehead atoms. The zero-order valence-electron chi connectivity index (χ0n) is 26.8. The average molecular weight is 679 g/mol. The minimum absolute atomic E-state index is 0.0881. The number of fused-ring (bicyclic) bond motifs is 1. The van der Waals surface area contributed by atoms with Gasteiger partial charge in [0.15, 0.2) is 0 Å². The zero-order chi connectivity index (χ0) is 33.4. The number of pyridine rings is 2. The van der Waals surface area contributed by atoms with Crippen molar-refractivity contribution in [2.75, 3.05) is 47.1 Å². The van der Waals surface area contributed by atoms with Gasteiger partial charge in [-0.1, -0.05) is 4.98 Å². The summed E-state index contributed by atoms with van der Waals surface area (Å²) in [6.07, 6.45) is 12.1. The van der Waals surface area contributed by atoms with Crippen LogP contribution in [0.2, 0.25) is 0 Å². The zero-order valence-corrected chi connectivity index (χ0v) is 27.6. The third-order valence-electron chi connectivity index (χ3n) is 9.08. The summed E-state index contributed by atoms with van der Waals surface area (Å²) in [4.78, 5) is 35.6. The fraction of sp³-hybridized carbons (Fsp3) is 0.516. The number of morpholine rings is 1. The summed E-state index contributed by atoms with van der Waals surface area (Å²) in [6.45, 7) is 4.22. The predicted octanol–water partition coefficient (Wildman–Crippen LogP) is 4.03. The summed E-state index contributed by atoms with van der Waals surface area (Å²) in [5.74, 6) is 1.41. The monoisotopic (exact) mass is 678 g/mol. The number of sulfonamides is 1. The first-order valence-electron chi connectivity index (χ1n) is 16.2. The molecule has 1 aliphatic heterocycles. The van der Waals surface area contributed by atoms with E-state index < -0.39 is 21.0 Å². The third kappa shape index (κ3) is 6.69. The molecule has 0 amide bonds. The van der Waals surface area contributed by atoms with Crippen molar-refractivity contribution in [2.45, 2.75) is 69.7 Å². The lowest BCUT2D eigenvalue weighted by molar-refractivity contribution is -0.396. The summed E-state index contributed by atoms with van der Waals surface area (Å²) in [6, 6.07) is 4.73. The quantitative estimate of drug-likeness (QED) is 0.177. The van der Waals surface area contributed by atoms with E-state index in [4.69, 9.17) is 19.4 Å². The number of imidazole rings is 1. The van der Waals surface area contributed by atoms with Gasteiger partial charge in [-0.2, -0.15) is 4.98 Å². The van der Waals surface area contributed by atoms with Crippen LogP contribution in [-0.2, 0) is 14.8 Å². The summed E-state index contributed by atoms with van der Waals surface area (Å²) in [5.41, 5.74) is 1.35. The van der Waals surface area contributed by atoms with Gasteiger partial charge in [-0.3, -0.25) is 9.29 Å². The molecule has 48 heavy (non-hydrogen) atoms. The molecule has 7 rings (SSSR count). The van der Waals surface area contributed by atoms with Crippen LogP contribution in [0.15, 0.2) is 43.0 Å². The van der Waals surface area contributed by atoms with Crippen LogP contribution in [0, 0.1) is 10.1 Å². The van der Waals surface area contributed by atoms with E-state index in [1.54, 1.807) is 36.0 Å². The molecule has 254 valence electrons. The molecule has 2 aliphatic carbocycles. The highest BCUT2D eigenvalue weighted by Crippen LogP contribution is 2.43. The van der Waals surface area contributed by atoms with E-state index in [2.05, 4.69) is 25.2 Å². The van der Waals surface area contributed by atoms with Crippen LogP contribution in [-0.4, -0.2) is 87.5 Å². The first-order chi connectivity index (χ1) is 23.2. The van der Waals surface area contributed by atoms with E-state index in [0.29, 0.717) is 66.2 Å². The highest BCUT2D eigenvalue weighted by atomic mass is 32.2. The SMILES string of the molecule is CC(c1cnc([N+](=O)[O-])n1C1CC1)N(c1cnc2cc(N3CCOCC3)nc(OC3CCC(Nc4ncccn4)CC3)c2c1)S(C)(=O)=O. The van der Waals surface area contributed by atoms with E-state index in [1.165, 1.54) is 16.7 Å². The first kappa shape index (κ1) is 31.9. The molecule has 1 unspecified atom stereocenters. The Labute approximate surface area is 277 Å². The van der Waals surface area contributed by atoms with Gasteiger partial charge in [-0.15, -0.1) is 0 Å². The standard InChI is InChI=1S/C31H38N10O6S/c1-20(27-19-35-31(41(42)43)39(27)22-6-7-22)40(48(2,44)45)23-16-25-26(34-18-23)17-28(38-12-14-46-15-13-38)37-29(25)47-24-8-4-21(5-9-24)36-30-32-10-3-11-33-30/h3,10-11,16-22,24H,4-9,12-15H2,1-2H3,(H,32,33,36). The van der Waals surface area contributed by atoms with Crippen LogP contribution in [0.4, 0.5) is 23.4 Å². The number of nitrogens with zero attached hydrogens (tertiary/aromatic N) is 9. The maximum atomic E-state index is 13.4. The van der Waals surface area contributed by atoms with E-state index in [0.717, 1.165) is 44.8 Å². The molecular formula is C31H38N10O6S. The number of ether oxygens (including phenoxy) is 2. The van der Waals surface area contributed by atoms with E-state index in [-0.39, 0.29) is 24.1 Å². The van der Waals surface area contributed by atoms with Crippen LogP contribution < -0.4 is 19.3 Å². The maximum absolute atomic E-state index is 13.4. The minimum atomic E-state index is -3.88. The van der Waals surface area contributed by atoms with Crippen LogP contribution in [0.1, 0.15) is 63.2 Å². The summed E-state index contributed by atoms with van der Waals surface area (Å²) in [7, 11) is -3.88. The minimum Gasteiger partial charge on any atom is -0.474 e. The van der Waals surface area contributed by atoms with Crippen LogP contribution in [0.3, 0.4) is 0 Å². The fourth-order valence-electron chi connectivity index (χ4n) is 6.61. The second-order valence-corrected chi connectivity index (χ2v) is 14.4. The van der Waals surface area contributed by atoms with Crippen molar-refractivity contribution >= 4 is 44.3 Å². The van der Waals surface area contributed by atoms with E-state index in [1.807, 2.05) is 6.07 Å². The van der Waals surface area contributed by atoms with Crippen molar-refractivity contribution in [3.8, 4) is 5.88 Å². The summed E-state index contributed by atoms with van der Waals surface area (Å²) in [5, 5.41) is 15.7. The number of rotatable bonds is 11. The second kappa shape index (κ2) is 13.1. The third-order valence-corrected chi connectivity index (χ3v) is 10.3. The normalized spacial score (nSPS) is 20.8. The van der Waals surface area contributed by atoms with Crippen molar-refractivity contribution in [1.82, 2.24) is 29.5 Å². The largest absolute Gasteiger partial charge is 0.474 e. The molecule has 2 saturated carbocycles. The number of anilines is 3. The first-order valence-corrected chi connectivity index (χ1v) is 18.0. The lowest BCUT2D eigenvalue weighted by atomic mass is 9.93. The fourth-order valence-corrected chi connectivity index (χ4v) is 7.78. The average Bonchev–Trinajstić information content (AvgIpc) is 3.82. The maximum Gasteiger partial charge on any atom is 0.435 e. The van der Waals surface area contributed by atoms with Gasteiger partial charge in [-0.05, 0) is 62.5 Å².